The molecule has 1 aliphatic rings. The van der Waals surface area contributed by atoms with Crippen LogP contribution in [0.2, 0.25) is 0 Å². The molecule has 3 rings (SSSR count). The zero-order valence-electron chi connectivity index (χ0n) is 12.6. The molecule has 0 bridgehead atoms. The lowest BCUT2D eigenvalue weighted by atomic mass is 9.89. The van der Waals surface area contributed by atoms with E-state index in [-0.39, 0.29) is 0 Å². The minimum absolute atomic E-state index is 0.746. The van der Waals surface area contributed by atoms with Crippen molar-refractivity contribution in [3.63, 3.8) is 0 Å². The van der Waals surface area contributed by atoms with E-state index in [1.54, 1.807) is 0 Å². The molecule has 0 amide bonds. The minimum atomic E-state index is 0.746. The molecule has 1 heterocycles. The fourth-order valence-electron chi connectivity index (χ4n) is 2.73. The van der Waals surface area contributed by atoms with Gasteiger partial charge in [-0.3, -0.25) is 0 Å². The summed E-state index contributed by atoms with van der Waals surface area (Å²) in [6.07, 6.45) is 2.54. The highest BCUT2D eigenvalue weighted by molar-refractivity contribution is 5.63. The largest absolute Gasteiger partial charge is 0.317 e. The fraction of sp³-hybridized carbons (Fsp3) is 0.368. The molecule has 1 nitrogen and oxygen atoms in total. The Hall–Kier alpha value is -1.60. The van der Waals surface area contributed by atoms with Gasteiger partial charge in [-0.15, -0.1) is 0 Å². The van der Waals surface area contributed by atoms with Crippen LogP contribution in [0.25, 0.3) is 11.1 Å². The Labute approximate surface area is 123 Å². The van der Waals surface area contributed by atoms with E-state index in [4.69, 9.17) is 0 Å². The maximum atomic E-state index is 3.42. The first kappa shape index (κ1) is 14.8. The molecule has 1 N–H and O–H groups in total. The monoisotopic (exact) mass is 267 g/mol. The Morgan fingerprint density at radius 2 is 1.30 bits per heavy atom. The highest BCUT2D eigenvalue weighted by Crippen LogP contribution is 2.27. The Morgan fingerprint density at radius 1 is 0.750 bits per heavy atom. The molecular formula is C19H25N. The zero-order chi connectivity index (χ0) is 14.2. The number of hydrogen-bond acceptors (Lipinski definition) is 1. The summed E-state index contributed by atoms with van der Waals surface area (Å²) >= 11 is 0. The van der Waals surface area contributed by atoms with Crippen LogP contribution in [0.5, 0.6) is 0 Å². The van der Waals surface area contributed by atoms with Gasteiger partial charge in [0, 0.05) is 0 Å². The molecular weight excluding hydrogens is 242 g/mol. The molecule has 1 fully saturated rings. The number of rotatable bonds is 2. The summed E-state index contributed by atoms with van der Waals surface area (Å²) in [6, 6.07) is 19.7. The van der Waals surface area contributed by atoms with Gasteiger partial charge < -0.3 is 5.32 Å². The van der Waals surface area contributed by atoms with Gasteiger partial charge >= 0.3 is 0 Å². The predicted octanol–water partition coefficient (Wildman–Crippen LogP) is 4.85. The zero-order valence-corrected chi connectivity index (χ0v) is 12.6. The van der Waals surface area contributed by atoms with Gasteiger partial charge in [-0.05, 0) is 48.5 Å². The van der Waals surface area contributed by atoms with Crippen molar-refractivity contribution in [1.29, 1.82) is 0 Å². The highest BCUT2D eigenvalue weighted by atomic mass is 14.9. The average Bonchev–Trinajstić information content (AvgIpc) is 2.58. The number of hydrogen-bond donors (Lipinski definition) is 1. The molecule has 2 aromatic carbocycles. The van der Waals surface area contributed by atoms with Crippen LogP contribution in [0.15, 0.2) is 54.6 Å². The molecule has 0 aromatic heterocycles. The highest BCUT2D eigenvalue weighted by Gasteiger charge is 2.14. The third kappa shape index (κ3) is 3.71. The molecule has 2 aromatic rings. The van der Waals surface area contributed by atoms with E-state index in [0.717, 1.165) is 19.0 Å². The Kier molecular flexibility index (Phi) is 5.82. The van der Waals surface area contributed by atoms with E-state index >= 15 is 0 Å². The van der Waals surface area contributed by atoms with Gasteiger partial charge in [0.15, 0.2) is 0 Å². The van der Waals surface area contributed by atoms with E-state index in [0.29, 0.717) is 0 Å². The quantitative estimate of drug-likeness (QED) is 0.820. The van der Waals surface area contributed by atoms with Crippen LogP contribution < -0.4 is 5.32 Å². The van der Waals surface area contributed by atoms with Gasteiger partial charge in [-0.2, -0.15) is 0 Å². The summed E-state index contributed by atoms with van der Waals surface area (Å²) in [6.45, 7) is 6.32. The third-order valence-corrected chi connectivity index (χ3v) is 3.83. The van der Waals surface area contributed by atoms with Crippen LogP contribution >= 0.6 is 0 Å². The number of piperidine rings is 1. The second kappa shape index (κ2) is 7.86. The van der Waals surface area contributed by atoms with E-state index in [2.05, 4.69) is 59.9 Å². The summed E-state index contributed by atoms with van der Waals surface area (Å²) in [5.74, 6) is 0.746. The molecule has 0 unspecified atom stereocenters. The maximum absolute atomic E-state index is 3.42. The molecule has 20 heavy (non-hydrogen) atoms. The van der Waals surface area contributed by atoms with Crippen molar-refractivity contribution in [1.82, 2.24) is 5.32 Å². The number of benzene rings is 2. The van der Waals surface area contributed by atoms with Crippen molar-refractivity contribution < 1.29 is 0 Å². The van der Waals surface area contributed by atoms with Gasteiger partial charge in [0.1, 0.15) is 0 Å². The van der Waals surface area contributed by atoms with E-state index < -0.39 is 0 Å². The lowest BCUT2D eigenvalue weighted by Crippen LogP contribution is -2.26. The molecule has 1 saturated heterocycles. The van der Waals surface area contributed by atoms with Crippen LogP contribution in [0.1, 0.15) is 38.2 Å². The molecule has 1 aliphatic heterocycles. The smallest absolute Gasteiger partial charge is 0.00431 e. The number of nitrogens with one attached hydrogen (secondary N) is 1. The van der Waals surface area contributed by atoms with Crippen molar-refractivity contribution in [2.75, 3.05) is 13.1 Å². The third-order valence-electron chi connectivity index (χ3n) is 3.83. The van der Waals surface area contributed by atoms with Crippen LogP contribution in [0, 0.1) is 0 Å². The van der Waals surface area contributed by atoms with Crippen molar-refractivity contribution in [2.45, 2.75) is 32.6 Å². The Balaban J connectivity index is 0.000000704. The topological polar surface area (TPSA) is 12.0 Å². The molecule has 0 saturated carbocycles. The van der Waals surface area contributed by atoms with Gasteiger partial charge in [0.2, 0.25) is 0 Å². The second-order valence-corrected chi connectivity index (χ2v) is 5.01. The molecule has 0 radical (unpaired) electrons. The van der Waals surface area contributed by atoms with E-state index in [1.165, 1.54) is 29.5 Å². The lowest BCUT2D eigenvalue weighted by Gasteiger charge is -2.23. The maximum Gasteiger partial charge on any atom is -0.00431 e. The first-order chi connectivity index (χ1) is 9.93. The van der Waals surface area contributed by atoms with Crippen LogP contribution in [0.4, 0.5) is 0 Å². The summed E-state index contributed by atoms with van der Waals surface area (Å²) in [5.41, 5.74) is 4.11. The van der Waals surface area contributed by atoms with Crippen LogP contribution in [-0.2, 0) is 0 Å². The average molecular weight is 267 g/mol. The Morgan fingerprint density at radius 3 is 1.90 bits per heavy atom. The summed E-state index contributed by atoms with van der Waals surface area (Å²) in [5, 5.41) is 3.42. The van der Waals surface area contributed by atoms with Crippen LogP contribution in [-0.4, -0.2) is 13.1 Å². The predicted molar refractivity (Wildman–Crippen MR) is 88.1 cm³/mol. The van der Waals surface area contributed by atoms with Crippen molar-refractivity contribution in [2.24, 2.45) is 0 Å². The van der Waals surface area contributed by atoms with E-state index in [1.807, 2.05) is 13.8 Å². The van der Waals surface area contributed by atoms with Gasteiger partial charge in [0.05, 0.1) is 0 Å². The fourth-order valence-corrected chi connectivity index (χ4v) is 2.73. The Bertz CT molecular complexity index is 481. The SMILES string of the molecule is CC.c1ccc(-c2ccc(C3CCNCC3)cc2)cc1. The lowest BCUT2D eigenvalue weighted by molar-refractivity contribution is 0.460. The molecule has 106 valence electrons. The molecule has 0 aliphatic carbocycles. The first-order valence-corrected chi connectivity index (χ1v) is 7.79. The van der Waals surface area contributed by atoms with Crippen LogP contribution in [0.3, 0.4) is 0 Å². The second-order valence-electron chi connectivity index (χ2n) is 5.01. The summed E-state index contributed by atoms with van der Waals surface area (Å²) in [7, 11) is 0. The minimum Gasteiger partial charge on any atom is -0.317 e. The van der Waals surface area contributed by atoms with Gasteiger partial charge in [-0.25, -0.2) is 0 Å². The van der Waals surface area contributed by atoms with E-state index in [9.17, 15) is 0 Å². The van der Waals surface area contributed by atoms with Crippen molar-refractivity contribution in [3.8, 4) is 11.1 Å². The standard InChI is InChI=1S/C17H19N.C2H6/c1-2-4-14(5-3-1)15-6-8-16(9-7-15)17-10-12-18-13-11-17;1-2/h1-9,17-18H,10-13H2;1-2H3. The van der Waals surface area contributed by atoms with Crippen molar-refractivity contribution >= 4 is 0 Å². The molecule has 0 spiro atoms. The van der Waals surface area contributed by atoms with Gasteiger partial charge in [-0.1, -0.05) is 68.4 Å². The van der Waals surface area contributed by atoms with Crippen molar-refractivity contribution in [3.05, 3.63) is 60.2 Å². The summed E-state index contributed by atoms with van der Waals surface area (Å²) in [4.78, 5) is 0. The first-order valence-electron chi connectivity index (χ1n) is 7.79. The molecule has 0 atom stereocenters. The van der Waals surface area contributed by atoms with Gasteiger partial charge in [0.25, 0.3) is 0 Å². The summed E-state index contributed by atoms with van der Waals surface area (Å²) < 4.78 is 0. The normalized spacial score (nSPS) is 15.3. The molecule has 1 heteroatoms.